The molecule has 0 bridgehead atoms. The monoisotopic (exact) mass is 198 g/mol. The lowest BCUT2D eigenvalue weighted by atomic mass is 9.88. The molecule has 0 aromatic heterocycles. The van der Waals surface area contributed by atoms with E-state index in [9.17, 15) is 0 Å². The molecule has 0 radical (unpaired) electrons. The van der Waals surface area contributed by atoms with Crippen LogP contribution in [0.25, 0.3) is 0 Å². The SMILES string of the molecule is C=C(C)CCOC1CCC(CO)CC1. The number of ether oxygens (including phenoxy) is 1. The Morgan fingerprint density at radius 3 is 2.50 bits per heavy atom. The number of rotatable bonds is 5. The summed E-state index contributed by atoms with van der Waals surface area (Å²) in [7, 11) is 0. The van der Waals surface area contributed by atoms with Crippen LogP contribution in [0.2, 0.25) is 0 Å². The van der Waals surface area contributed by atoms with E-state index < -0.39 is 0 Å². The molecule has 0 atom stereocenters. The van der Waals surface area contributed by atoms with Crippen molar-refractivity contribution >= 4 is 0 Å². The summed E-state index contributed by atoms with van der Waals surface area (Å²) in [5.41, 5.74) is 1.19. The Morgan fingerprint density at radius 1 is 1.36 bits per heavy atom. The van der Waals surface area contributed by atoms with E-state index in [-0.39, 0.29) is 0 Å². The van der Waals surface area contributed by atoms with Crippen LogP contribution in [0.4, 0.5) is 0 Å². The quantitative estimate of drug-likeness (QED) is 0.688. The Morgan fingerprint density at radius 2 is 2.00 bits per heavy atom. The topological polar surface area (TPSA) is 29.5 Å². The number of aliphatic hydroxyl groups excluding tert-OH is 1. The van der Waals surface area contributed by atoms with Crippen molar-refractivity contribution in [1.82, 2.24) is 0 Å². The lowest BCUT2D eigenvalue weighted by Crippen LogP contribution is -2.23. The van der Waals surface area contributed by atoms with Crippen LogP contribution in [-0.2, 0) is 4.74 Å². The van der Waals surface area contributed by atoms with Gasteiger partial charge >= 0.3 is 0 Å². The molecule has 0 saturated heterocycles. The molecule has 0 amide bonds. The minimum absolute atomic E-state index is 0.346. The third-order valence-corrected chi connectivity index (χ3v) is 2.93. The van der Waals surface area contributed by atoms with Gasteiger partial charge in [0.2, 0.25) is 0 Å². The van der Waals surface area contributed by atoms with Gasteiger partial charge in [-0.1, -0.05) is 5.57 Å². The van der Waals surface area contributed by atoms with Crippen LogP contribution in [0.3, 0.4) is 0 Å². The third kappa shape index (κ3) is 4.25. The number of aliphatic hydroxyl groups is 1. The molecule has 1 rings (SSSR count). The summed E-state index contributed by atoms with van der Waals surface area (Å²) in [6.45, 7) is 7.04. The molecule has 0 heterocycles. The van der Waals surface area contributed by atoms with Gasteiger partial charge in [-0.3, -0.25) is 0 Å². The second kappa shape index (κ2) is 6.20. The molecule has 0 spiro atoms. The molecule has 82 valence electrons. The maximum absolute atomic E-state index is 8.97. The Kier molecular flexibility index (Phi) is 5.20. The van der Waals surface area contributed by atoms with Crippen LogP contribution in [0, 0.1) is 5.92 Å². The van der Waals surface area contributed by atoms with Crippen molar-refractivity contribution in [1.29, 1.82) is 0 Å². The van der Waals surface area contributed by atoms with Gasteiger partial charge < -0.3 is 9.84 Å². The normalized spacial score (nSPS) is 27.6. The summed E-state index contributed by atoms with van der Waals surface area (Å²) >= 11 is 0. The van der Waals surface area contributed by atoms with Crippen molar-refractivity contribution < 1.29 is 9.84 Å². The van der Waals surface area contributed by atoms with E-state index >= 15 is 0 Å². The Balaban J connectivity index is 2.07. The number of hydrogen-bond donors (Lipinski definition) is 1. The minimum atomic E-state index is 0.346. The van der Waals surface area contributed by atoms with Crippen molar-refractivity contribution in [3.8, 4) is 0 Å². The first-order valence-electron chi connectivity index (χ1n) is 5.59. The fraction of sp³-hybridized carbons (Fsp3) is 0.833. The molecule has 1 aliphatic carbocycles. The molecule has 1 fully saturated rings. The molecule has 2 heteroatoms. The molecule has 0 aromatic rings. The van der Waals surface area contributed by atoms with Gasteiger partial charge in [0.05, 0.1) is 12.7 Å². The van der Waals surface area contributed by atoms with E-state index in [4.69, 9.17) is 9.84 Å². The van der Waals surface area contributed by atoms with Gasteiger partial charge in [0.15, 0.2) is 0 Å². The fourth-order valence-corrected chi connectivity index (χ4v) is 1.88. The lowest BCUT2D eigenvalue weighted by molar-refractivity contribution is 0.0130. The van der Waals surface area contributed by atoms with Gasteiger partial charge in [0, 0.05) is 6.61 Å². The largest absolute Gasteiger partial charge is 0.396 e. The van der Waals surface area contributed by atoms with E-state index in [1.165, 1.54) is 5.57 Å². The maximum Gasteiger partial charge on any atom is 0.0575 e. The van der Waals surface area contributed by atoms with E-state index in [1.54, 1.807) is 0 Å². The first kappa shape index (κ1) is 11.7. The van der Waals surface area contributed by atoms with Crippen molar-refractivity contribution in [2.45, 2.75) is 45.1 Å². The zero-order chi connectivity index (χ0) is 10.4. The zero-order valence-electron chi connectivity index (χ0n) is 9.17. The molecule has 0 aromatic carbocycles. The highest BCUT2D eigenvalue weighted by molar-refractivity contribution is 4.87. The first-order valence-corrected chi connectivity index (χ1v) is 5.59. The summed E-state index contributed by atoms with van der Waals surface area (Å²) in [5.74, 6) is 0.524. The van der Waals surface area contributed by atoms with Gasteiger partial charge in [-0.15, -0.1) is 6.58 Å². The molecular formula is C12H22O2. The van der Waals surface area contributed by atoms with E-state index in [0.29, 0.717) is 18.6 Å². The second-order valence-corrected chi connectivity index (χ2v) is 4.40. The molecular weight excluding hydrogens is 176 g/mol. The zero-order valence-corrected chi connectivity index (χ0v) is 9.17. The maximum atomic E-state index is 8.97. The van der Waals surface area contributed by atoms with Crippen LogP contribution in [0.5, 0.6) is 0 Å². The predicted octanol–water partition coefficient (Wildman–Crippen LogP) is 2.52. The van der Waals surface area contributed by atoms with Crippen molar-refractivity contribution in [2.24, 2.45) is 5.92 Å². The van der Waals surface area contributed by atoms with Crippen LogP contribution < -0.4 is 0 Å². The van der Waals surface area contributed by atoms with Crippen LogP contribution in [0.15, 0.2) is 12.2 Å². The van der Waals surface area contributed by atoms with Gasteiger partial charge in [0.1, 0.15) is 0 Å². The molecule has 0 unspecified atom stereocenters. The van der Waals surface area contributed by atoms with Crippen LogP contribution >= 0.6 is 0 Å². The Labute approximate surface area is 87.0 Å². The Hall–Kier alpha value is -0.340. The van der Waals surface area contributed by atoms with E-state index in [1.807, 2.05) is 6.92 Å². The van der Waals surface area contributed by atoms with Crippen molar-refractivity contribution in [3.63, 3.8) is 0 Å². The molecule has 2 nitrogen and oxygen atoms in total. The highest BCUT2D eigenvalue weighted by atomic mass is 16.5. The summed E-state index contributed by atoms with van der Waals surface area (Å²) in [6.07, 6.45) is 5.86. The molecule has 0 aliphatic heterocycles. The average Bonchev–Trinajstić information content (AvgIpc) is 2.18. The van der Waals surface area contributed by atoms with E-state index in [2.05, 4.69) is 6.58 Å². The summed E-state index contributed by atoms with van der Waals surface area (Å²) in [5, 5.41) is 8.97. The second-order valence-electron chi connectivity index (χ2n) is 4.40. The smallest absolute Gasteiger partial charge is 0.0575 e. The molecule has 1 N–H and O–H groups in total. The van der Waals surface area contributed by atoms with Crippen LogP contribution in [-0.4, -0.2) is 24.4 Å². The fourth-order valence-electron chi connectivity index (χ4n) is 1.88. The summed E-state index contributed by atoms with van der Waals surface area (Å²) < 4.78 is 5.74. The Bertz CT molecular complexity index is 169. The van der Waals surface area contributed by atoms with Gasteiger partial charge in [-0.25, -0.2) is 0 Å². The van der Waals surface area contributed by atoms with Gasteiger partial charge in [-0.2, -0.15) is 0 Å². The van der Waals surface area contributed by atoms with Crippen molar-refractivity contribution in [3.05, 3.63) is 12.2 Å². The number of hydrogen-bond acceptors (Lipinski definition) is 2. The van der Waals surface area contributed by atoms with Crippen LogP contribution in [0.1, 0.15) is 39.0 Å². The lowest BCUT2D eigenvalue weighted by Gasteiger charge is -2.27. The molecule has 14 heavy (non-hydrogen) atoms. The van der Waals surface area contributed by atoms with Gasteiger partial charge in [-0.05, 0) is 44.9 Å². The summed E-state index contributed by atoms with van der Waals surface area (Å²) in [4.78, 5) is 0. The summed E-state index contributed by atoms with van der Waals surface area (Å²) in [6, 6.07) is 0. The predicted molar refractivity (Wildman–Crippen MR) is 58.2 cm³/mol. The highest BCUT2D eigenvalue weighted by Gasteiger charge is 2.20. The average molecular weight is 198 g/mol. The minimum Gasteiger partial charge on any atom is -0.396 e. The van der Waals surface area contributed by atoms with E-state index in [0.717, 1.165) is 38.7 Å². The first-order chi connectivity index (χ1) is 6.72. The highest BCUT2D eigenvalue weighted by Crippen LogP contribution is 2.25. The third-order valence-electron chi connectivity index (χ3n) is 2.93. The standard InChI is InChI=1S/C12H22O2/c1-10(2)7-8-14-12-5-3-11(9-13)4-6-12/h11-13H,1,3-9H2,2H3. The molecule has 1 saturated carbocycles. The van der Waals surface area contributed by atoms with Gasteiger partial charge in [0.25, 0.3) is 0 Å². The molecule has 1 aliphatic rings. The van der Waals surface area contributed by atoms with Crippen molar-refractivity contribution in [2.75, 3.05) is 13.2 Å².